The van der Waals surface area contributed by atoms with Crippen molar-refractivity contribution in [3.05, 3.63) is 12.2 Å². The van der Waals surface area contributed by atoms with Crippen molar-refractivity contribution < 1.29 is 0 Å². The lowest BCUT2D eigenvalue weighted by molar-refractivity contribution is 0.233. The zero-order chi connectivity index (χ0) is 8.43. The zero-order valence-electron chi connectivity index (χ0n) is 7.93. The minimum atomic E-state index is 0.765. The number of hydrogen-bond donors (Lipinski definition) is 0. The van der Waals surface area contributed by atoms with Crippen LogP contribution in [-0.4, -0.2) is 23.5 Å². The van der Waals surface area contributed by atoms with Gasteiger partial charge in [0.05, 0.1) is 0 Å². The van der Waals surface area contributed by atoms with E-state index < -0.39 is 0 Å². The predicted octanol–water partition coefficient (Wildman–Crippen LogP) is 2.44. The van der Waals surface area contributed by atoms with E-state index in [9.17, 15) is 0 Å². The van der Waals surface area contributed by atoms with Gasteiger partial charge in [-0.1, -0.05) is 12.2 Å². The average Bonchev–Trinajstić information content (AvgIpc) is 2.18. The maximum Gasteiger partial charge on any atom is 0.0193 e. The molecular formula is C10H19N. The topological polar surface area (TPSA) is 3.24 Å². The van der Waals surface area contributed by atoms with Crippen LogP contribution in [0.25, 0.3) is 0 Å². The van der Waals surface area contributed by atoms with Crippen molar-refractivity contribution >= 4 is 0 Å². The summed E-state index contributed by atoms with van der Waals surface area (Å²) >= 11 is 0. The lowest BCUT2D eigenvalue weighted by atomic mass is 10.2. The molecule has 2 unspecified atom stereocenters. The number of likely N-dealkylation sites (tertiary alicyclic amines) is 1. The van der Waals surface area contributed by atoms with Crippen LogP contribution in [-0.2, 0) is 0 Å². The Morgan fingerprint density at radius 1 is 1.36 bits per heavy atom. The highest BCUT2D eigenvalue weighted by molar-refractivity contribution is 4.96. The van der Waals surface area contributed by atoms with Gasteiger partial charge in [0.15, 0.2) is 0 Å². The molecule has 1 fully saturated rings. The highest BCUT2D eigenvalue weighted by atomic mass is 15.2. The van der Waals surface area contributed by atoms with Crippen LogP contribution >= 0.6 is 0 Å². The Bertz CT molecular complexity index is 141. The van der Waals surface area contributed by atoms with Crippen molar-refractivity contribution in [2.75, 3.05) is 6.54 Å². The van der Waals surface area contributed by atoms with Gasteiger partial charge in [-0.2, -0.15) is 0 Å². The largest absolute Gasteiger partial charge is 0.294 e. The summed E-state index contributed by atoms with van der Waals surface area (Å²) in [5, 5.41) is 0. The van der Waals surface area contributed by atoms with Gasteiger partial charge in [0.1, 0.15) is 0 Å². The molecule has 0 bridgehead atoms. The van der Waals surface area contributed by atoms with Crippen LogP contribution in [0.5, 0.6) is 0 Å². The molecule has 1 saturated heterocycles. The molecule has 1 heterocycles. The molecule has 0 aromatic carbocycles. The van der Waals surface area contributed by atoms with Crippen LogP contribution < -0.4 is 0 Å². The molecule has 0 aliphatic carbocycles. The van der Waals surface area contributed by atoms with E-state index in [0.717, 1.165) is 18.6 Å². The maximum atomic E-state index is 3.95. The van der Waals surface area contributed by atoms with E-state index in [1.165, 1.54) is 18.4 Å². The third-order valence-corrected chi connectivity index (χ3v) is 2.59. The average molecular weight is 153 g/mol. The van der Waals surface area contributed by atoms with Crippen molar-refractivity contribution in [3.63, 3.8) is 0 Å². The SMILES string of the molecule is C=C(C)CN1C(C)CCC1C. The summed E-state index contributed by atoms with van der Waals surface area (Å²) in [5.41, 5.74) is 1.28. The first-order valence-corrected chi connectivity index (χ1v) is 4.51. The fraction of sp³-hybridized carbons (Fsp3) is 0.800. The predicted molar refractivity (Wildman–Crippen MR) is 49.7 cm³/mol. The summed E-state index contributed by atoms with van der Waals surface area (Å²) in [6, 6.07) is 1.53. The fourth-order valence-corrected chi connectivity index (χ4v) is 1.87. The van der Waals surface area contributed by atoms with Crippen LogP contribution in [0.4, 0.5) is 0 Å². The molecule has 0 spiro atoms. The third kappa shape index (κ3) is 2.06. The normalized spacial score (nSPS) is 32.6. The van der Waals surface area contributed by atoms with Crippen molar-refractivity contribution in [1.82, 2.24) is 4.90 Å². The summed E-state index contributed by atoms with van der Waals surface area (Å²) < 4.78 is 0. The Morgan fingerprint density at radius 2 is 1.82 bits per heavy atom. The Balaban J connectivity index is 2.47. The van der Waals surface area contributed by atoms with Gasteiger partial charge in [0.25, 0.3) is 0 Å². The van der Waals surface area contributed by atoms with Crippen LogP contribution in [0.15, 0.2) is 12.2 Å². The molecule has 0 N–H and O–H groups in total. The lowest BCUT2D eigenvalue weighted by Crippen LogP contribution is -2.33. The minimum absolute atomic E-state index is 0.765. The molecule has 1 heteroatoms. The monoisotopic (exact) mass is 153 g/mol. The van der Waals surface area contributed by atoms with E-state index in [0.29, 0.717) is 0 Å². The van der Waals surface area contributed by atoms with Crippen LogP contribution in [0, 0.1) is 0 Å². The Kier molecular flexibility index (Phi) is 2.72. The molecule has 0 aromatic heterocycles. The Labute approximate surface area is 70.1 Å². The van der Waals surface area contributed by atoms with Crippen LogP contribution in [0.2, 0.25) is 0 Å². The second-order valence-corrected chi connectivity index (χ2v) is 3.90. The molecule has 2 atom stereocenters. The molecule has 0 amide bonds. The highest BCUT2D eigenvalue weighted by Crippen LogP contribution is 2.23. The number of hydrogen-bond acceptors (Lipinski definition) is 1. The molecule has 0 saturated carbocycles. The van der Waals surface area contributed by atoms with E-state index in [1.807, 2.05) is 0 Å². The first-order valence-electron chi connectivity index (χ1n) is 4.51. The summed E-state index contributed by atoms with van der Waals surface area (Å²) in [6.45, 7) is 11.8. The molecule has 1 aliphatic heterocycles. The van der Waals surface area contributed by atoms with Gasteiger partial charge in [-0.15, -0.1) is 0 Å². The second-order valence-electron chi connectivity index (χ2n) is 3.90. The molecule has 0 radical (unpaired) electrons. The maximum absolute atomic E-state index is 3.95. The van der Waals surface area contributed by atoms with Crippen molar-refractivity contribution in [2.45, 2.75) is 45.7 Å². The molecule has 64 valence electrons. The van der Waals surface area contributed by atoms with E-state index in [4.69, 9.17) is 0 Å². The van der Waals surface area contributed by atoms with E-state index in [1.54, 1.807) is 0 Å². The summed E-state index contributed by atoms with van der Waals surface area (Å²) in [7, 11) is 0. The summed E-state index contributed by atoms with van der Waals surface area (Å²) in [6.07, 6.45) is 2.71. The van der Waals surface area contributed by atoms with Gasteiger partial charge in [0, 0.05) is 18.6 Å². The van der Waals surface area contributed by atoms with Gasteiger partial charge in [-0.25, -0.2) is 0 Å². The highest BCUT2D eigenvalue weighted by Gasteiger charge is 2.26. The van der Waals surface area contributed by atoms with E-state index >= 15 is 0 Å². The van der Waals surface area contributed by atoms with Crippen molar-refractivity contribution in [2.24, 2.45) is 0 Å². The van der Waals surface area contributed by atoms with Crippen LogP contribution in [0.3, 0.4) is 0 Å². The number of rotatable bonds is 2. The molecule has 1 nitrogen and oxygen atoms in total. The van der Waals surface area contributed by atoms with E-state index in [2.05, 4.69) is 32.3 Å². The summed E-state index contributed by atoms with van der Waals surface area (Å²) in [5.74, 6) is 0. The van der Waals surface area contributed by atoms with Gasteiger partial charge in [0.2, 0.25) is 0 Å². The third-order valence-electron chi connectivity index (χ3n) is 2.59. The van der Waals surface area contributed by atoms with Gasteiger partial charge >= 0.3 is 0 Å². The first kappa shape index (κ1) is 8.79. The van der Waals surface area contributed by atoms with Crippen molar-refractivity contribution in [3.8, 4) is 0 Å². The molecular weight excluding hydrogens is 134 g/mol. The van der Waals surface area contributed by atoms with Crippen molar-refractivity contribution in [1.29, 1.82) is 0 Å². The molecule has 1 rings (SSSR count). The standard InChI is InChI=1S/C10H19N/c1-8(2)7-11-9(3)5-6-10(11)4/h9-10H,1,5-7H2,2-4H3. The smallest absolute Gasteiger partial charge is 0.0193 e. The Hall–Kier alpha value is -0.300. The first-order chi connectivity index (χ1) is 5.11. The fourth-order valence-electron chi connectivity index (χ4n) is 1.87. The summed E-state index contributed by atoms with van der Waals surface area (Å²) in [4.78, 5) is 2.54. The van der Waals surface area contributed by atoms with Gasteiger partial charge < -0.3 is 0 Å². The lowest BCUT2D eigenvalue weighted by Gasteiger charge is -2.25. The molecule has 0 aromatic rings. The minimum Gasteiger partial charge on any atom is -0.294 e. The quantitative estimate of drug-likeness (QED) is 0.551. The molecule has 1 aliphatic rings. The zero-order valence-corrected chi connectivity index (χ0v) is 7.93. The second kappa shape index (κ2) is 3.40. The Morgan fingerprint density at radius 3 is 2.18 bits per heavy atom. The van der Waals surface area contributed by atoms with Crippen LogP contribution in [0.1, 0.15) is 33.6 Å². The van der Waals surface area contributed by atoms with Gasteiger partial charge in [-0.3, -0.25) is 4.90 Å². The molecule has 11 heavy (non-hydrogen) atoms. The van der Waals surface area contributed by atoms with E-state index in [-0.39, 0.29) is 0 Å². The number of nitrogens with zero attached hydrogens (tertiary/aromatic N) is 1. The van der Waals surface area contributed by atoms with Gasteiger partial charge in [-0.05, 0) is 33.6 Å².